The maximum atomic E-state index is 11.7. The number of phenols is 1. The molecule has 0 amide bonds. The molecule has 0 spiro atoms. The van der Waals surface area contributed by atoms with Gasteiger partial charge < -0.3 is 20.1 Å². The maximum Gasteiger partial charge on any atom is 0.327 e. The second-order valence-electron chi connectivity index (χ2n) is 4.10. The van der Waals surface area contributed by atoms with Crippen molar-refractivity contribution in [1.82, 2.24) is 4.57 Å². The first-order valence-corrected chi connectivity index (χ1v) is 5.75. The highest BCUT2D eigenvalue weighted by Gasteiger charge is 2.22. The van der Waals surface area contributed by atoms with E-state index in [9.17, 15) is 9.90 Å². The number of rotatable bonds is 3. The fourth-order valence-corrected chi connectivity index (χ4v) is 2.08. The number of aromatic hydroxyl groups is 1. The van der Waals surface area contributed by atoms with Gasteiger partial charge in [-0.15, -0.1) is 0 Å². The van der Waals surface area contributed by atoms with Gasteiger partial charge in [0.2, 0.25) is 0 Å². The number of phenolic OH excluding ortho intramolecular Hbond substituents is 1. The first-order valence-electron chi connectivity index (χ1n) is 5.75. The lowest BCUT2D eigenvalue weighted by Crippen LogP contribution is -2.23. The molecular weight excluding hydrogens is 232 g/mol. The van der Waals surface area contributed by atoms with Gasteiger partial charge >= 0.3 is 5.97 Å². The quantitative estimate of drug-likeness (QED) is 0.806. The number of esters is 1. The summed E-state index contributed by atoms with van der Waals surface area (Å²) in [5.74, 6) is -0.300. The van der Waals surface area contributed by atoms with Gasteiger partial charge in [0, 0.05) is 24.2 Å². The molecule has 0 aliphatic heterocycles. The standard InChI is InChI=1S/C13H16N2O3/c1-3-18-13(17)11(14)9-7-15(2)12-8(9)5-4-6-10(12)16/h4-7,11,16H,3,14H2,1-2H3. The van der Waals surface area contributed by atoms with Crippen LogP contribution < -0.4 is 5.73 Å². The normalized spacial score (nSPS) is 12.6. The average Bonchev–Trinajstić information content (AvgIpc) is 2.67. The monoisotopic (exact) mass is 248 g/mol. The number of fused-ring (bicyclic) bond motifs is 1. The zero-order chi connectivity index (χ0) is 13.3. The second kappa shape index (κ2) is 4.70. The molecule has 0 aliphatic rings. The van der Waals surface area contributed by atoms with Gasteiger partial charge in [-0.1, -0.05) is 12.1 Å². The minimum atomic E-state index is -0.838. The third kappa shape index (κ3) is 1.93. The van der Waals surface area contributed by atoms with Crippen LogP contribution in [0.5, 0.6) is 5.75 Å². The van der Waals surface area contributed by atoms with Crippen LogP contribution in [-0.4, -0.2) is 22.2 Å². The van der Waals surface area contributed by atoms with Crippen molar-refractivity contribution in [3.8, 4) is 5.75 Å². The molecule has 96 valence electrons. The number of hydrogen-bond donors (Lipinski definition) is 2. The number of benzene rings is 1. The third-order valence-corrected chi connectivity index (χ3v) is 2.89. The summed E-state index contributed by atoms with van der Waals surface area (Å²) >= 11 is 0. The van der Waals surface area contributed by atoms with E-state index in [1.165, 1.54) is 0 Å². The number of aromatic nitrogens is 1. The minimum absolute atomic E-state index is 0.164. The molecule has 18 heavy (non-hydrogen) atoms. The molecule has 5 heteroatoms. The summed E-state index contributed by atoms with van der Waals surface area (Å²) < 4.78 is 6.66. The van der Waals surface area contributed by atoms with Gasteiger partial charge in [0.25, 0.3) is 0 Å². The van der Waals surface area contributed by atoms with Gasteiger partial charge in [-0.25, -0.2) is 4.79 Å². The molecule has 1 aromatic heterocycles. The van der Waals surface area contributed by atoms with E-state index >= 15 is 0 Å². The Kier molecular flexibility index (Phi) is 3.25. The summed E-state index contributed by atoms with van der Waals surface area (Å²) in [7, 11) is 1.80. The molecule has 0 saturated heterocycles. The van der Waals surface area contributed by atoms with E-state index in [4.69, 9.17) is 10.5 Å². The predicted molar refractivity (Wildman–Crippen MR) is 68.1 cm³/mol. The number of ether oxygens (including phenoxy) is 1. The Morgan fingerprint density at radius 2 is 2.28 bits per heavy atom. The summed E-state index contributed by atoms with van der Waals surface area (Å²) in [5, 5.41) is 10.6. The van der Waals surface area contributed by atoms with E-state index in [1.807, 2.05) is 6.07 Å². The molecule has 0 bridgehead atoms. The molecule has 0 radical (unpaired) electrons. The van der Waals surface area contributed by atoms with Crippen LogP contribution in [0.3, 0.4) is 0 Å². The molecular formula is C13H16N2O3. The highest BCUT2D eigenvalue weighted by Crippen LogP contribution is 2.31. The fourth-order valence-electron chi connectivity index (χ4n) is 2.08. The van der Waals surface area contributed by atoms with E-state index in [1.54, 1.807) is 36.9 Å². The lowest BCUT2D eigenvalue weighted by Gasteiger charge is -2.09. The molecule has 1 heterocycles. The van der Waals surface area contributed by atoms with E-state index < -0.39 is 12.0 Å². The van der Waals surface area contributed by atoms with Crippen LogP contribution in [0.2, 0.25) is 0 Å². The van der Waals surface area contributed by atoms with Crippen LogP contribution in [0.25, 0.3) is 10.9 Å². The molecule has 0 saturated carbocycles. The lowest BCUT2D eigenvalue weighted by atomic mass is 10.1. The number of carbonyl (C=O) groups is 1. The summed E-state index contributed by atoms with van der Waals surface area (Å²) in [6, 6.07) is 4.31. The summed E-state index contributed by atoms with van der Waals surface area (Å²) in [4.78, 5) is 11.7. The van der Waals surface area contributed by atoms with Gasteiger partial charge in [-0.3, -0.25) is 0 Å². The Morgan fingerprint density at radius 3 is 2.94 bits per heavy atom. The Bertz CT molecular complexity index is 589. The molecule has 0 fully saturated rings. The van der Waals surface area contributed by atoms with Crippen molar-refractivity contribution in [3.63, 3.8) is 0 Å². The molecule has 5 nitrogen and oxygen atoms in total. The topological polar surface area (TPSA) is 77.5 Å². The van der Waals surface area contributed by atoms with Crippen molar-refractivity contribution in [2.75, 3.05) is 6.61 Å². The van der Waals surface area contributed by atoms with Gasteiger partial charge in [-0.05, 0) is 13.0 Å². The van der Waals surface area contributed by atoms with Gasteiger partial charge in [0.1, 0.15) is 11.8 Å². The Hall–Kier alpha value is -2.01. The van der Waals surface area contributed by atoms with Crippen molar-refractivity contribution >= 4 is 16.9 Å². The van der Waals surface area contributed by atoms with Crippen LogP contribution in [-0.2, 0) is 16.6 Å². The number of nitrogens with two attached hydrogens (primary N) is 1. The fraction of sp³-hybridized carbons (Fsp3) is 0.308. The first-order chi connectivity index (χ1) is 8.56. The highest BCUT2D eigenvalue weighted by molar-refractivity contribution is 5.93. The molecule has 3 N–H and O–H groups in total. The summed E-state index contributed by atoms with van der Waals surface area (Å²) in [5.41, 5.74) is 7.20. The first kappa shape index (κ1) is 12.4. The van der Waals surface area contributed by atoms with E-state index in [0.29, 0.717) is 17.7 Å². The Balaban J connectivity index is 2.52. The Labute approximate surface area is 105 Å². The number of aryl methyl sites for hydroxylation is 1. The van der Waals surface area contributed by atoms with Crippen molar-refractivity contribution < 1.29 is 14.6 Å². The van der Waals surface area contributed by atoms with Crippen molar-refractivity contribution in [2.24, 2.45) is 12.8 Å². The van der Waals surface area contributed by atoms with Crippen molar-refractivity contribution in [1.29, 1.82) is 0 Å². The highest BCUT2D eigenvalue weighted by atomic mass is 16.5. The summed E-state index contributed by atoms with van der Waals surface area (Å²) in [6.07, 6.45) is 1.74. The molecule has 1 aromatic carbocycles. The zero-order valence-electron chi connectivity index (χ0n) is 10.4. The van der Waals surface area contributed by atoms with Crippen LogP contribution >= 0.6 is 0 Å². The third-order valence-electron chi connectivity index (χ3n) is 2.89. The molecule has 0 aliphatic carbocycles. The van der Waals surface area contributed by atoms with Crippen LogP contribution in [0.4, 0.5) is 0 Å². The van der Waals surface area contributed by atoms with Crippen LogP contribution in [0.1, 0.15) is 18.5 Å². The largest absolute Gasteiger partial charge is 0.506 e. The van der Waals surface area contributed by atoms with Crippen molar-refractivity contribution in [2.45, 2.75) is 13.0 Å². The molecule has 1 unspecified atom stereocenters. The Morgan fingerprint density at radius 1 is 1.56 bits per heavy atom. The van der Waals surface area contributed by atoms with Gasteiger partial charge in [0.05, 0.1) is 12.1 Å². The van der Waals surface area contributed by atoms with E-state index in [2.05, 4.69) is 0 Å². The van der Waals surface area contributed by atoms with Crippen LogP contribution in [0.15, 0.2) is 24.4 Å². The smallest absolute Gasteiger partial charge is 0.327 e. The second-order valence-corrected chi connectivity index (χ2v) is 4.10. The molecule has 1 atom stereocenters. The number of para-hydroxylation sites is 1. The van der Waals surface area contributed by atoms with Crippen LogP contribution in [0, 0.1) is 0 Å². The van der Waals surface area contributed by atoms with Gasteiger partial charge in [0.15, 0.2) is 0 Å². The maximum absolute atomic E-state index is 11.7. The molecule has 2 rings (SSSR count). The van der Waals surface area contributed by atoms with E-state index in [0.717, 1.165) is 5.39 Å². The number of hydrogen-bond acceptors (Lipinski definition) is 4. The predicted octanol–water partition coefficient (Wildman–Crippen LogP) is 1.45. The van der Waals surface area contributed by atoms with E-state index in [-0.39, 0.29) is 5.75 Å². The SMILES string of the molecule is CCOC(=O)C(N)c1cn(C)c2c(O)cccc12. The van der Waals surface area contributed by atoms with Gasteiger partial charge in [-0.2, -0.15) is 0 Å². The average molecular weight is 248 g/mol. The van der Waals surface area contributed by atoms with Crippen molar-refractivity contribution in [3.05, 3.63) is 30.0 Å². The summed E-state index contributed by atoms with van der Waals surface area (Å²) in [6.45, 7) is 2.03. The zero-order valence-corrected chi connectivity index (χ0v) is 10.4. The molecule has 2 aromatic rings. The minimum Gasteiger partial charge on any atom is -0.506 e. The number of nitrogens with zero attached hydrogens (tertiary/aromatic N) is 1. The number of carbonyl (C=O) groups excluding carboxylic acids is 1. The lowest BCUT2D eigenvalue weighted by molar-refractivity contribution is -0.144.